The third-order valence-electron chi connectivity index (χ3n) is 2.90. The van der Waals surface area contributed by atoms with Crippen molar-refractivity contribution in [3.8, 4) is 0 Å². The van der Waals surface area contributed by atoms with Crippen molar-refractivity contribution in [3.63, 3.8) is 0 Å². The first-order valence-electron chi connectivity index (χ1n) is 5.75. The Morgan fingerprint density at radius 2 is 2.06 bits per heavy atom. The number of hydrogen-bond donors (Lipinski definition) is 0. The Morgan fingerprint density at radius 1 is 1.24 bits per heavy atom. The summed E-state index contributed by atoms with van der Waals surface area (Å²) in [7, 11) is 1.91. The lowest BCUT2D eigenvalue weighted by Crippen LogP contribution is -2.38. The summed E-state index contributed by atoms with van der Waals surface area (Å²) in [5.74, 6) is 0.998. The van der Waals surface area contributed by atoms with Gasteiger partial charge in [0.2, 0.25) is 0 Å². The van der Waals surface area contributed by atoms with Crippen LogP contribution in [0.3, 0.4) is 0 Å². The largest absolute Gasteiger partial charge is 0.378 e. The van der Waals surface area contributed by atoms with E-state index in [0.717, 1.165) is 48.7 Å². The molecule has 2 aromatic rings. The Labute approximate surface area is 100 Å². The van der Waals surface area contributed by atoms with E-state index in [1.807, 2.05) is 13.9 Å². The number of pyridine rings is 1. The zero-order valence-corrected chi connectivity index (χ0v) is 9.76. The van der Waals surface area contributed by atoms with Gasteiger partial charge >= 0.3 is 0 Å². The van der Waals surface area contributed by atoms with E-state index in [2.05, 4.69) is 19.9 Å². The third kappa shape index (κ3) is 1.96. The van der Waals surface area contributed by atoms with Crippen LogP contribution in [0.5, 0.6) is 0 Å². The highest BCUT2D eigenvalue weighted by Gasteiger charge is 2.16. The molecule has 0 radical (unpaired) electrons. The number of anilines is 1. The van der Waals surface area contributed by atoms with Crippen LogP contribution in [0.15, 0.2) is 18.5 Å². The van der Waals surface area contributed by atoms with E-state index in [1.54, 1.807) is 12.4 Å². The number of rotatable bonds is 1. The van der Waals surface area contributed by atoms with Crippen molar-refractivity contribution in [2.45, 2.75) is 0 Å². The molecule has 1 fully saturated rings. The summed E-state index contributed by atoms with van der Waals surface area (Å²) < 4.78 is 5.37. The second-order valence-electron chi connectivity index (χ2n) is 4.09. The summed E-state index contributed by atoms with van der Waals surface area (Å²) in [6.07, 6.45) is 3.57. The van der Waals surface area contributed by atoms with Crippen LogP contribution in [0.4, 0.5) is 5.82 Å². The second kappa shape index (κ2) is 4.29. The van der Waals surface area contributed by atoms with Crippen LogP contribution in [0, 0.1) is 0 Å². The number of aromatic nitrogens is 3. The number of ether oxygens (including phenoxy) is 1. The van der Waals surface area contributed by atoms with E-state index in [1.165, 1.54) is 0 Å². The van der Waals surface area contributed by atoms with Crippen LogP contribution in [0.1, 0.15) is 0 Å². The molecule has 6 heteroatoms. The van der Waals surface area contributed by atoms with E-state index in [4.69, 9.17) is 4.74 Å². The molecule has 0 aromatic carbocycles. The Balaban J connectivity index is 2.13. The summed E-state index contributed by atoms with van der Waals surface area (Å²) in [5, 5.41) is 1.06. The first-order chi connectivity index (χ1) is 8.34. The van der Waals surface area contributed by atoms with Crippen molar-refractivity contribution in [3.05, 3.63) is 18.5 Å². The molecule has 0 amide bonds. The molecule has 0 atom stereocenters. The predicted octanol–water partition coefficient (Wildman–Crippen LogP) is -0.880. The second-order valence-corrected chi connectivity index (χ2v) is 4.09. The van der Waals surface area contributed by atoms with Gasteiger partial charge in [-0.1, -0.05) is 0 Å². The Hall–Kier alpha value is -1.69. The summed E-state index contributed by atoms with van der Waals surface area (Å²) in [4.78, 5) is 15.3. The average Bonchev–Trinajstić information content (AvgIpc) is 2.39. The van der Waals surface area contributed by atoms with Gasteiger partial charge in [0.25, 0.3) is 0 Å². The Kier molecular flexibility index (Phi) is 2.64. The van der Waals surface area contributed by atoms with E-state index in [-0.39, 0.29) is 0 Å². The molecule has 5 nitrogen and oxygen atoms in total. The fourth-order valence-electron chi connectivity index (χ4n) is 2.09. The topological polar surface area (TPSA) is 51.1 Å². The van der Waals surface area contributed by atoms with Crippen molar-refractivity contribution in [1.29, 1.82) is 0 Å². The van der Waals surface area contributed by atoms with E-state index < -0.39 is 0 Å². The zero-order valence-electron chi connectivity index (χ0n) is 9.76. The van der Waals surface area contributed by atoms with Gasteiger partial charge in [-0.25, -0.2) is 9.97 Å². The fraction of sp³-hybridized carbons (Fsp3) is 0.364. The van der Waals surface area contributed by atoms with E-state index in [0.29, 0.717) is 0 Å². The quantitative estimate of drug-likeness (QED) is 0.593. The number of morpholine rings is 1. The van der Waals surface area contributed by atoms with Gasteiger partial charge in [0.1, 0.15) is 5.82 Å². The summed E-state index contributed by atoms with van der Waals surface area (Å²) >= 11 is 0. The maximum Gasteiger partial charge on any atom is 0.189 e. The smallest absolute Gasteiger partial charge is 0.189 e. The summed E-state index contributed by atoms with van der Waals surface area (Å²) in [6, 6.07) is 1.97. The molecule has 0 unspecified atom stereocenters. The summed E-state index contributed by atoms with van der Waals surface area (Å²) in [5.41, 5.74) is 1.69. The highest BCUT2D eigenvalue weighted by Crippen LogP contribution is 2.21. The van der Waals surface area contributed by atoms with Gasteiger partial charge in [0.05, 0.1) is 30.7 Å². The SMILES string of the molecule is Bc1nc(N2CCOCC2)c2ccncc2n1. The van der Waals surface area contributed by atoms with Crippen molar-refractivity contribution in [1.82, 2.24) is 15.0 Å². The molecule has 1 saturated heterocycles. The molecule has 3 rings (SSSR count). The third-order valence-corrected chi connectivity index (χ3v) is 2.90. The Morgan fingerprint density at radius 3 is 2.88 bits per heavy atom. The molecule has 0 spiro atoms. The van der Waals surface area contributed by atoms with Gasteiger partial charge in [0, 0.05) is 24.7 Å². The first kappa shape index (κ1) is 10.5. The molecule has 0 N–H and O–H groups in total. The van der Waals surface area contributed by atoms with E-state index in [9.17, 15) is 0 Å². The molecule has 1 aliphatic rings. The van der Waals surface area contributed by atoms with Gasteiger partial charge in [-0.2, -0.15) is 0 Å². The minimum absolute atomic E-state index is 0.760. The number of nitrogens with zero attached hydrogens (tertiary/aromatic N) is 4. The van der Waals surface area contributed by atoms with Crippen LogP contribution in [0.2, 0.25) is 0 Å². The molecular formula is C11H13BN4O. The number of hydrogen-bond acceptors (Lipinski definition) is 5. The maximum absolute atomic E-state index is 5.37. The van der Waals surface area contributed by atoms with Gasteiger partial charge in [-0.15, -0.1) is 0 Å². The molecule has 0 saturated carbocycles. The van der Waals surface area contributed by atoms with Crippen LogP contribution in [-0.2, 0) is 4.74 Å². The molecule has 3 heterocycles. The normalized spacial score (nSPS) is 16.4. The number of fused-ring (bicyclic) bond motifs is 1. The molecule has 1 aliphatic heterocycles. The maximum atomic E-state index is 5.37. The highest BCUT2D eigenvalue weighted by atomic mass is 16.5. The lowest BCUT2D eigenvalue weighted by molar-refractivity contribution is 0.122. The van der Waals surface area contributed by atoms with Crippen molar-refractivity contribution < 1.29 is 4.74 Å². The van der Waals surface area contributed by atoms with Crippen molar-refractivity contribution in [2.24, 2.45) is 0 Å². The summed E-state index contributed by atoms with van der Waals surface area (Å²) in [6.45, 7) is 3.28. The highest BCUT2D eigenvalue weighted by molar-refractivity contribution is 6.29. The monoisotopic (exact) mass is 228 g/mol. The van der Waals surface area contributed by atoms with Gasteiger partial charge in [0.15, 0.2) is 7.85 Å². The fourth-order valence-corrected chi connectivity index (χ4v) is 2.09. The molecule has 17 heavy (non-hydrogen) atoms. The molecule has 86 valence electrons. The zero-order chi connectivity index (χ0) is 11.7. The predicted molar refractivity (Wildman–Crippen MR) is 68.5 cm³/mol. The Bertz CT molecular complexity index is 542. The lowest BCUT2D eigenvalue weighted by Gasteiger charge is -2.28. The first-order valence-corrected chi connectivity index (χ1v) is 5.75. The van der Waals surface area contributed by atoms with E-state index >= 15 is 0 Å². The minimum atomic E-state index is 0.760. The van der Waals surface area contributed by atoms with Crippen molar-refractivity contribution >= 4 is 30.3 Å². The molecule has 0 aliphatic carbocycles. The average molecular weight is 228 g/mol. The van der Waals surface area contributed by atoms with Crippen LogP contribution < -0.4 is 10.6 Å². The van der Waals surface area contributed by atoms with Crippen LogP contribution >= 0.6 is 0 Å². The molecule has 0 bridgehead atoms. The van der Waals surface area contributed by atoms with Crippen LogP contribution in [0.25, 0.3) is 10.9 Å². The standard InChI is InChI=1S/C11H13BN4O/c12-11-14-9-7-13-2-1-8(9)10(15-11)16-3-5-17-6-4-16/h1-2,7H,3-6,12H2. The van der Waals surface area contributed by atoms with Crippen molar-refractivity contribution in [2.75, 3.05) is 31.2 Å². The van der Waals surface area contributed by atoms with Crippen LogP contribution in [-0.4, -0.2) is 49.1 Å². The minimum Gasteiger partial charge on any atom is -0.378 e. The van der Waals surface area contributed by atoms with Gasteiger partial charge < -0.3 is 9.64 Å². The molecule has 2 aromatic heterocycles. The lowest BCUT2D eigenvalue weighted by atomic mass is 10.1. The molecular weight excluding hydrogens is 215 g/mol. The van der Waals surface area contributed by atoms with Gasteiger partial charge in [-0.05, 0) is 6.07 Å². The van der Waals surface area contributed by atoms with Gasteiger partial charge in [-0.3, -0.25) is 4.98 Å².